The van der Waals surface area contributed by atoms with Gasteiger partial charge < -0.3 is 10.1 Å². The first kappa shape index (κ1) is 14.0. The van der Waals surface area contributed by atoms with E-state index in [1.54, 1.807) is 0 Å². The van der Waals surface area contributed by atoms with Gasteiger partial charge in [-0.3, -0.25) is 0 Å². The fourth-order valence-electron chi connectivity index (χ4n) is 2.70. The topological polar surface area (TPSA) is 21.3 Å². The molecule has 3 atom stereocenters. The van der Waals surface area contributed by atoms with E-state index < -0.39 is 0 Å². The van der Waals surface area contributed by atoms with Gasteiger partial charge in [-0.15, -0.1) is 0 Å². The summed E-state index contributed by atoms with van der Waals surface area (Å²) in [5.41, 5.74) is 0.299. The number of ether oxygens (including phenoxy) is 1. The summed E-state index contributed by atoms with van der Waals surface area (Å²) >= 11 is 0. The van der Waals surface area contributed by atoms with Gasteiger partial charge in [0.25, 0.3) is 0 Å². The lowest BCUT2D eigenvalue weighted by atomic mass is 9.64. The Bertz CT molecular complexity index is 203. The lowest BCUT2D eigenvalue weighted by molar-refractivity contribution is -0.0999. The first-order valence-electron chi connectivity index (χ1n) is 6.81. The molecule has 0 aliphatic heterocycles. The zero-order valence-corrected chi connectivity index (χ0v) is 11.7. The van der Waals surface area contributed by atoms with Crippen LogP contribution in [0.5, 0.6) is 0 Å². The minimum absolute atomic E-state index is 0.299. The van der Waals surface area contributed by atoms with Crippen molar-refractivity contribution in [1.29, 1.82) is 0 Å². The molecule has 1 saturated carbocycles. The monoisotopic (exact) mass is 227 g/mol. The van der Waals surface area contributed by atoms with Crippen molar-refractivity contribution < 1.29 is 4.74 Å². The molecule has 0 heterocycles. The van der Waals surface area contributed by atoms with Crippen LogP contribution in [0.15, 0.2) is 0 Å². The molecule has 96 valence electrons. The van der Waals surface area contributed by atoms with E-state index in [9.17, 15) is 0 Å². The molecule has 1 aliphatic carbocycles. The fraction of sp³-hybridized carbons (Fsp3) is 1.00. The largest absolute Gasteiger partial charge is 0.381 e. The fourth-order valence-corrected chi connectivity index (χ4v) is 2.70. The van der Waals surface area contributed by atoms with Crippen LogP contribution in [-0.2, 0) is 4.74 Å². The minimum Gasteiger partial charge on any atom is -0.381 e. The van der Waals surface area contributed by atoms with Crippen LogP contribution in [0.1, 0.15) is 59.8 Å². The Morgan fingerprint density at radius 3 is 2.56 bits per heavy atom. The molecular formula is C14H29NO. The molecule has 1 fully saturated rings. The molecule has 0 aromatic heterocycles. The van der Waals surface area contributed by atoms with Gasteiger partial charge in [-0.1, -0.05) is 40.0 Å². The average Bonchev–Trinajstić information content (AvgIpc) is 2.24. The smallest absolute Gasteiger partial charge is 0.0652 e. The van der Waals surface area contributed by atoms with E-state index in [0.717, 1.165) is 0 Å². The molecule has 0 bridgehead atoms. The zero-order chi connectivity index (χ0) is 12.2. The van der Waals surface area contributed by atoms with Crippen molar-refractivity contribution in [1.82, 2.24) is 5.32 Å². The van der Waals surface area contributed by atoms with Gasteiger partial charge in [0.2, 0.25) is 0 Å². The summed E-state index contributed by atoms with van der Waals surface area (Å²) in [6, 6.07) is 1.28. The third-order valence-corrected chi connectivity index (χ3v) is 4.19. The molecule has 0 saturated heterocycles. The molecule has 0 radical (unpaired) electrons. The summed E-state index contributed by atoms with van der Waals surface area (Å²) in [5.74, 6) is 0. The van der Waals surface area contributed by atoms with E-state index in [4.69, 9.17) is 4.74 Å². The van der Waals surface area contributed by atoms with Gasteiger partial charge in [-0.2, -0.15) is 0 Å². The Kier molecular flexibility index (Phi) is 5.26. The van der Waals surface area contributed by atoms with Gasteiger partial charge in [-0.05, 0) is 19.8 Å². The van der Waals surface area contributed by atoms with Crippen molar-refractivity contribution in [3.63, 3.8) is 0 Å². The van der Waals surface area contributed by atoms with Gasteiger partial charge in [-0.25, -0.2) is 0 Å². The SMILES string of the molecule is CCCCCC(C)NC1CC(OC)C1(C)C. The number of unbranched alkanes of at least 4 members (excludes halogenated alkanes) is 2. The Hall–Kier alpha value is -0.0800. The number of rotatable bonds is 7. The van der Waals surface area contributed by atoms with E-state index in [1.807, 2.05) is 7.11 Å². The van der Waals surface area contributed by atoms with E-state index in [-0.39, 0.29) is 0 Å². The van der Waals surface area contributed by atoms with Crippen LogP contribution >= 0.6 is 0 Å². The molecular weight excluding hydrogens is 198 g/mol. The third kappa shape index (κ3) is 3.21. The lowest BCUT2D eigenvalue weighted by Gasteiger charge is -2.52. The van der Waals surface area contributed by atoms with Gasteiger partial charge in [0.1, 0.15) is 0 Å². The van der Waals surface area contributed by atoms with Gasteiger partial charge in [0, 0.05) is 24.6 Å². The van der Waals surface area contributed by atoms with Crippen LogP contribution in [0.25, 0.3) is 0 Å². The maximum atomic E-state index is 5.47. The van der Waals surface area contributed by atoms with Crippen LogP contribution in [0.4, 0.5) is 0 Å². The van der Waals surface area contributed by atoms with Gasteiger partial charge in [0.15, 0.2) is 0 Å². The molecule has 1 N–H and O–H groups in total. The molecule has 0 amide bonds. The van der Waals surface area contributed by atoms with Crippen molar-refractivity contribution in [2.45, 2.75) is 78.0 Å². The standard InChI is InChI=1S/C14H29NO/c1-6-7-8-9-11(2)15-12-10-13(16-5)14(12,3)4/h11-13,15H,6-10H2,1-5H3. The Balaban J connectivity index is 2.23. The normalized spacial score (nSPS) is 29.8. The van der Waals surface area contributed by atoms with Crippen molar-refractivity contribution in [2.24, 2.45) is 5.41 Å². The number of hydrogen-bond acceptors (Lipinski definition) is 2. The maximum absolute atomic E-state index is 5.47. The van der Waals surface area contributed by atoms with E-state index in [0.29, 0.717) is 23.6 Å². The van der Waals surface area contributed by atoms with Crippen LogP contribution in [0.2, 0.25) is 0 Å². The van der Waals surface area contributed by atoms with E-state index in [2.05, 4.69) is 33.0 Å². The second-order valence-electron chi connectivity index (χ2n) is 5.90. The summed E-state index contributed by atoms with van der Waals surface area (Å²) in [7, 11) is 1.83. The predicted octanol–water partition coefficient (Wildman–Crippen LogP) is 3.36. The molecule has 16 heavy (non-hydrogen) atoms. The predicted molar refractivity (Wildman–Crippen MR) is 69.7 cm³/mol. The quantitative estimate of drug-likeness (QED) is 0.673. The molecule has 2 heteroatoms. The number of nitrogens with one attached hydrogen (secondary N) is 1. The maximum Gasteiger partial charge on any atom is 0.0652 e. The molecule has 0 spiro atoms. The van der Waals surface area contributed by atoms with Crippen LogP contribution in [0.3, 0.4) is 0 Å². The summed E-state index contributed by atoms with van der Waals surface area (Å²) in [4.78, 5) is 0. The summed E-state index contributed by atoms with van der Waals surface area (Å²) < 4.78 is 5.47. The Morgan fingerprint density at radius 2 is 2.06 bits per heavy atom. The Labute approximate surface area is 101 Å². The molecule has 0 aromatic rings. The highest BCUT2D eigenvalue weighted by Gasteiger charge is 2.48. The second-order valence-corrected chi connectivity index (χ2v) is 5.90. The number of methoxy groups -OCH3 is 1. The molecule has 3 unspecified atom stereocenters. The highest BCUT2D eigenvalue weighted by molar-refractivity contribution is 5.03. The van der Waals surface area contributed by atoms with Crippen LogP contribution < -0.4 is 5.32 Å². The van der Waals surface area contributed by atoms with Gasteiger partial charge >= 0.3 is 0 Å². The van der Waals surface area contributed by atoms with Crippen molar-refractivity contribution >= 4 is 0 Å². The van der Waals surface area contributed by atoms with Crippen LogP contribution in [0, 0.1) is 5.41 Å². The first-order valence-corrected chi connectivity index (χ1v) is 6.81. The van der Waals surface area contributed by atoms with Crippen molar-refractivity contribution in [3.05, 3.63) is 0 Å². The summed E-state index contributed by atoms with van der Waals surface area (Å²) in [5, 5.41) is 3.75. The van der Waals surface area contributed by atoms with E-state index in [1.165, 1.54) is 32.1 Å². The molecule has 2 nitrogen and oxygen atoms in total. The van der Waals surface area contributed by atoms with Crippen LogP contribution in [-0.4, -0.2) is 25.3 Å². The molecule has 1 aliphatic rings. The van der Waals surface area contributed by atoms with Crippen molar-refractivity contribution in [2.75, 3.05) is 7.11 Å². The van der Waals surface area contributed by atoms with Gasteiger partial charge in [0.05, 0.1) is 6.10 Å². The molecule has 1 rings (SSSR count). The lowest BCUT2D eigenvalue weighted by Crippen LogP contribution is -2.62. The highest BCUT2D eigenvalue weighted by atomic mass is 16.5. The summed E-state index contributed by atoms with van der Waals surface area (Å²) in [6.45, 7) is 9.18. The molecule has 0 aromatic carbocycles. The third-order valence-electron chi connectivity index (χ3n) is 4.19. The first-order chi connectivity index (χ1) is 7.52. The second kappa shape index (κ2) is 6.02. The average molecular weight is 227 g/mol. The minimum atomic E-state index is 0.299. The summed E-state index contributed by atoms with van der Waals surface area (Å²) in [6.07, 6.45) is 6.94. The highest BCUT2D eigenvalue weighted by Crippen LogP contribution is 2.42. The zero-order valence-electron chi connectivity index (χ0n) is 11.7. The van der Waals surface area contributed by atoms with E-state index >= 15 is 0 Å². The Morgan fingerprint density at radius 1 is 1.38 bits per heavy atom. The number of hydrogen-bond donors (Lipinski definition) is 1. The van der Waals surface area contributed by atoms with Crippen molar-refractivity contribution in [3.8, 4) is 0 Å².